The maximum atomic E-state index is 12.3. The van der Waals surface area contributed by atoms with Gasteiger partial charge in [0.1, 0.15) is 5.75 Å². The van der Waals surface area contributed by atoms with Crippen molar-refractivity contribution in [2.75, 3.05) is 52.9 Å². The molecule has 0 bridgehead atoms. The summed E-state index contributed by atoms with van der Waals surface area (Å²) in [5.41, 5.74) is 4.29. The summed E-state index contributed by atoms with van der Waals surface area (Å²) in [6, 6.07) is 10.8. The lowest BCUT2D eigenvalue weighted by atomic mass is 9.99. The van der Waals surface area contributed by atoms with Crippen LogP contribution in [0.1, 0.15) is 31.0 Å². The number of pyridine rings is 1. The number of piperazine rings is 1. The fourth-order valence-electron chi connectivity index (χ4n) is 4.57. The summed E-state index contributed by atoms with van der Waals surface area (Å²) < 4.78 is 5.77. The first-order valence-corrected chi connectivity index (χ1v) is 12.2. The predicted molar refractivity (Wildman–Crippen MR) is 131 cm³/mol. The van der Waals surface area contributed by atoms with Gasteiger partial charge in [-0.25, -0.2) is 0 Å². The molecule has 0 spiro atoms. The van der Waals surface area contributed by atoms with E-state index in [0.29, 0.717) is 25.6 Å². The first kappa shape index (κ1) is 23.7. The minimum absolute atomic E-state index is 0.0285. The lowest BCUT2D eigenvalue weighted by molar-refractivity contribution is -0.120. The molecule has 2 fully saturated rings. The summed E-state index contributed by atoms with van der Waals surface area (Å²) in [7, 11) is 2.18. The second-order valence-corrected chi connectivity index (χ2v) is 9.14. The van der Waals surface area contributed by atoms with Crippen LogP contribution in [-0.4, -0.2) is 79.7 Å². The Labute approximate surface area is 197 Å². The number of amides is 1. The molecule has 1 amide bonds. The van der Waals surface area contributed by atoms with E-state index in [0.717, 1.165) is 62.7 Å². The van der Waals surface area contributed by atoms with Crippen molar-refractivity contribution in [2.45, 2.75) is 38.8 Å². The van der Waals surface area contributed by atoms with Crippen LogP contribution < -0.4 is 15.4 Å². The van der Waals surface area contributed by atoms with Gasteiger partial charge in [0.15, 0.2) is 0 Å². The molecule has 3 heterocycles. The lowest BCUT2D eigenvalue weighted by Gasteiger charge is -2.32. The van der Waals surface area contributed by atoms with Crippen LogP contribution >= 0.6 is 0 Å². The van der Waals surface area contributed by atoms with Crippen LogP contribution in [0.25, 0.3) is 11.1 Å². The molecule has 0 aliphatic carbocycles. The highest BCUT2D eigenvalue weighted by Gasteiger charge is 2.18. The maximum Gasteiger partial charge on any atom is 0.226 e. The molecule has 33 heavy (non-hydrogen) atoms. The van der Waals surface area contributed by atoms with Gasteiger partial charge in [-0.1, -0.05) is 12.1 Å². The zero-order chi connectivity index (χ0) is 23.0. The number of benzene rings is 1. The average molecular weight is 452 g/mol. The molecule has 7 heteroatoms. The topological polar surface area (TPSA) is 69.7 Å². The van der Waals surface area contributed by atoms with E-state index in [4.69, 9.17) is 4.74 Å². The van der Waals surface area contributed by atoms with E-state index in [1.807, 2.05) is 25.3 Å². The quantitative estimate of drug-likeness (QED) is 0.610. The molecule has 2 saturated heterocycles. The molecule has 2 aliphatic heterocycles. The molecular weight excluding hydrogens is 414 g/mol. The van der Waals surface area contributed by atoms with Crippen LogP contribution in [0.2, 0.25) is 0 Å². The van der Waals surface area contributed by atoms with Gasteiger partial charge < -0.3 is 20.3 Å². The lowest BCUT2D eigenvalue weighted by Crippen LogP contribution is -2.43. The fraction of sp³-hybridized carbons (Fsp3) is 0.538. The third-order valence-corrected chi connectivity index (χ3v) is 6.56. The Morgan fingerprint density at radius 1 is 1.21 bits per heavy atom. The molecule has 2 aliphatic rings. The number of likely N-dealkylation sites (N-methyl/N-ethyl adjacent to an activating group) is 1. The van der Waals surface area contributed by atoms with Gasteiger partial charge in [0.05, 0.1) is 13.0 Å². The monoisotopic (exact) mass is 451 g/mol. The van der Waals surface area contributed by atoms with E-state index < -0.39 is 0 Å². The Morgan fingerprint density at radius 2 is 2.06 bits per heavy atom. The Kier molecular flexibility index (Phi) is 8.31. The molecule has 178 valence electrons. The highest BCUT2D eigenvalue weighted by Crippen LogP contribution is 2.29. The summed E-state index contributed by atoms with van der Waals surface area (Å²) >= 11 is 0. The fourth-order valence-corrected chi connectivity index (χ4v) is 4.57. The highest BCUT2D eigenvalue weighted by atomic mass is 16.5. The van der Waals surface area contributed by atoms with E-state index >= 15 is 0 Å². The highest BCUT2D eigenvalue weighted by molar-refractivity contribution is 5.78. The molecule has 2 N–H and O–H groups in total. The van der Waals surface area contributed by atoms with Crippen molar-refractivity contribution in [3.8, 4) is 16.9 Å². The second kappa shape index (κ2) is 11.6. The van der Waals surface area contributed by atoms with Gasteiger partial charge in [-0.3, -0.25) is 14.7 Å². The van der Waals surface area contributed by atoms with Gasteiger partial charge >= 0.3 is 0 Å². The minimum Gasteiger partial charge on any atom is -0.494 e. The number of carbonyl (C=O) groups excluding carboxylic acids is 1. The zero-order valence-electron chi connectivity index (χ0n) is 20.0. The third kappa shape index (κ3) is 6.76. The first-order chi connectivity index (χ1) is 16.1. The molecule has 1 unspecified atom stereocenters. The van der Waals surface area contributed by atoms with E-state index in [1.54, 1.807) is 0 Å². The van der Waals surface area contributed by atoms with Crippen molar-refractivity contribution in [3.05, 3.63) is 47.8 Å². The molecular formula is C26H37N5O2. The first-order valence-electron chi connectivity index (χ1n) is 12.2. The SMILES string of the molecule is CCOc1ccc(-c2ccc(CC(=O)NCC3CCCN3)nc2)c(CN2CCN(C)CC2)c1. The number of carbonyl (C=O) groups is 1. The van der Waals surface area contributed by atoms with Crippen LogP contribution in [0.15, 0.2) is 36.5 Å². The number of hydrogen-bond donors (Lipinski definition) is 2. The van der Waals surface area contributed by atoms with E-state index in [2.05, 4.69) is 50.7 Å². The molecule has 0 saturated carbocycles. The van der Waals surface area contributed by atoms with Crippen LogP contribution in [-0.2, 0) is 17.8 Å². The molecule has 1 atom stereocenters. The van der Waals surface area contributed by atoms with Crippen LogP contribution in [0, 0.1) is 0 Å². The Balaban J connectivity index is 1.42. The summed E-state index contributed by atoms with van der Waals surface area (Å²) in [6.45, 7) is 9.62. The zero-order valence-corrected chi connectivity index (χ0v) is 20.0. The molecule has 2 aromatic rings. The van der Waals surface area contributed by atoms with Gasteiger partial charge in [0.2, 0.25) is 5.91 Å². The standard InChI is InChI=1S/C26H37N5O2/c1-3-33-24-8-9-25(21(15-24)19-31-13-11-30(2)12-14-31)20-6-7-22(28-17-20)16-26(32)29-18-23-5-4-10-27-23/h6-9,15,17,23,27H,3-5,10-14,16,18-19H2,1-2H3,(H,29,32). The normalized spacial score (nSPS) is 19.5. The minimum atomic E-state index is 0.0285. The summed E-state index contributed by atoms with van der Waals surface area (Å²) in [6.07, 6.45) is 4.52. The summed E-state index contributed by atoms with van der Waals surface area (Å²) in [5, 5.41) is 6.44. The van der Waals surface area contributed by atoms with Crippen molar-refractivity contribution in [1.29, 1.82) is 0 Å². The Hall–Kier alpha value is -2.48. The van der Waals surface area contributed by atoms with Gasteiger partial charge in [-0.15, -0.1) is 0 Å². The van der Waals surface area contributed by atoms with Gasteiger partial charge in [0.25, 0.3) is 0 Å². The van der Waals surface area contributed by atoms with Crippen molar-refractivity contribution < 1.29 is 9.53 Å². The molecule has 1 aromatic carbocycles. The Morgan fingerprint density at radius 3 is 2.76 bits per heavy atom. The van der Waals surface area contributed by atoms with Crippen molar-refractivity contribution in [3.63, 3.8) is 0 Å². The van der Waals surface area contributed by atoms with Gasteiger partial charge in [-0.2, -0.15) is 0 Å². The summed E-state index contributed by atoms with van der Waals surface area (Å²) in [5.74, 6) is 0.934. The number of nitrogens with one attached hydrogen (secondary N) is 2. The van der Waals surface area contributed by atoms with E-state index in [-0.39, 0.29) is 5.91 Å². The number of ether oxygens (including phenoxy) is 1. The number of aromatic nitrogens is 1. The van der Waals surface area contributed by atoms with Crippen molar-refractivity contribution >= 4 is 5.91 Å². The number of rotatable bonds is 9. The van der Waals surface area contributed by atoms with E-state index in [1.165, 1.54) is 17.5 Å². The van der Waals surface area contributed by atoms with E-state index in [9.17, 15) is 4.79 Å². The predicted octanol–water partition coefficient (Wildman–Crippen LogP) is 2.31. The van der Waals surface area contributed by atoms with Crippen LogP contribution in [0.5, 0.6) is 5.75 Å². The van der Waals surface area contributed by atoms with Crippen LogP contribution in [0.4, 0.5) is 0 Å². The summed E-state index contributed by atoms with van der Waals surface area (Å²) in [4.78, 5) is 21.8. The van der Waals surface area contributed by atoms with Crippen molar-refractivity contribution in [2.24, 2.45) is 0 Å². The van der Waals surface area contributed by atoms with Gasteiger partial charge in [0, 0.05) is 62.8 Å². The average Bonchev–Trinajstić information content (AvgIpc) is 3.34. The second-order valence-electron chi connectivity index (χ2n) is 9.14. The smallest absolute Gasteiger partial charge is 0.226 e. The molecule has 0 radical (unpaired) electrons. The molecule has 7 nitrogen and oxygen atoms in total. The van der Waals surface area contributed by atoms with Gasteiger partial charge in [-0.05, 0) is 62.7 Å². The van der Waals surface area contributed by atoms with Crippen molar-refractivity contribution in [1.82, 2.24) is 25.4 Å². The maximum absolute atomic E-state index is 12.3. The molecule has 4 rings (SSSR count). The van der Waals surface area contributed by atoms with Crippen LogP contribution in [0.3, 0.4) is 0 Å². The Bertz CT molecular complexity index is 903. The molecule has 1 aromatic heterocycles. The number of nitrogens with zero attached hydrogens (tertiary/aromatic N) is 3. The third-order valence-electron chi connectivity index (χ3n) is 6.56. The largest absolute Gasteiger partial charge is 0.494 e. The number of hydrogen-bond acceptors (Lipinski definition) is 6.